The zero-order valence-electron chi connectivity index (χ0n) is 15.5. The Hall–Kier alpha value is -2.81. The van der Waals surface area contributed by atoms with Crippen LogP contribution in [-0.2, 0) is 0 Å². The van der Waals surface area contributed by atoms with Gasteiger partial charge in [0.25, 0.3) is 5.91 Å². The van der Waals surface area contributed by atoms with Gasteiger partial charge in [0.05, 0.1) is 18.7 Å². The van der Waals surface area contributed by atoms with E-state index in [9.17, 15) is 4.79 Å². The van der Waals surface area contributed by atoms with Gasteiger partial charge in [0.1, 0.15) is 5.75 Å². The molecule has 1 amide bonds. The van der Waals surface area contributed by atoms with E-state index < -0.39 is 0 Å². The van der Waals surface area contributed by atoms with Crippen LogP contribution in [0.25, 0.3) is 10.8 Å². The molecule has 3 heteroatoms. The molecule has 0 spiro atoms. The third-order valence-corrected chi connectivity index (χ3v) is 4.53. The minimum atomic E-state index is -0.109. The molecule has 0 saturated carbocycles. The summed E-state index contributed by atoms with van der Waals surface area (Å²) >= 11 is 0. The topological polar surface area (TPSA) is 38.3 Å². The van der Waals surface area contributed by atoms with Crippen molar-refractivity contribution in [2.75, 3.05) is 7.11 Å². The Kier molecular flexibility index (Phi) is 5.57. The second kappa shape index (κ2) is 8.05. The van der Waals surface area contributed by atoms with Gasteiger partial charge in [-0.2, -0.15) is 0 Å². The molecule has 3 rings (SSSR count). The van der Waals surface area contributed by atoms with Crippen molar-refractivity contribution < 1.29 is 9.53 Å². The molecular formula is C23H25NO2. The average molecular weight is 347 g/mol. The molecule has 0 heterocycles. The van der Waals surface area contributed by atoms with Crippen molar-refractivity contribution in [2.24, 2.45) is 5.92 Å². The Morgan fingerprint density at radius 2 is 1.58 bits per heavy atom. The van der Waals surface area contributed by atoms with Crippen LogP contribution >= 0.6 is 0 Å². The first kappa shape index (κ1) is 18.0. The molecule has 0 bridgehead atoms. The van der Waals surface area contributed by atoms with Crippen LogP contribution < -0.4 is 10.1 Å². The smallest absolute Gasteiger partial charge is 0.255 e. The Morgan fingerprint density at radius 1 is 0.962 bits per heavy atom. The predicted molar refractivity (Wildman–Crippen MR) is 107 cm³/mol. The number of rotatable bonds is 6. The van der Waals surface area contributed by atoms with Gasteiger partial charge >= 0.3 is 0 Å². The molecule has 0 saturated heterocycles. The summed E-state index contributed by atoms with van der Waals surface area (Å²) in [6.45, 7) is 4.33. The lowest BCUT2D eigenvalue weighted by Gasteiger charge is -2.22. The van der Waals surface area contributed by atoms with E-state index in [0.29, 0.717) is 17.2 Å². The largest absolute Gasteiger partial charge is 0.496 e. The lowest BCUT2D eigenvalue weighted by molar-refractivity contribution is 0.0929. The van der Waals surface area contributed by atoms with E-state index in [0.717, 1.165) is 22.8 Å². The summed E-state index contributed by atoms with van der Waals surface area (Å²) in [5.41, 5.74) is 1.69. The summed E-state index contributed by atoms with van der Waals surface area (Å²) in [5.74, 6) is 0.957. The number of hydrogen-bond acceptors (Lipinski definition) is 2. The van der Waals surface area contributed by atoms with Crippen LogP contribution in [0.15, 0.2) is 66.7 Å². The highest BCUT2D eigenvalue weighted by Gasteiger charge is 2.20. The monoisotopic (exact) mass is 347 g/mol. The molecule has 0 radical (unpaired) electrons. The van der Waals surface area contributed by atoms with E-state index in [4.69, 9.17) is 4.74 Å². The summed E-state index contributed by atoms with van der Waals surface area (Å²) in [5, 5.41) is 5.29. The molecule has 1 N–H and O–H groups in total. The number of fused-ring (bicyclic) bond motifs is 1. The second-order valence-corrected chi connectivity index (χ2v) is 6.97. The zero-order chi connectivity index (χ0) is 18.5. The highest BCUT2D eigenvalue weighted by Crippen LogP contribution is 2.28. The predicted octanol–water partition coefficient (Wildman–Crippen LogP) is 5.37. The maximum Gasteiger partial charge on any atom is 0.255 e. The van der Waals surface area contributed by atoms with Crippen molar-refractivity contribution in [3.05, 3.63) is 77.9 Å². The molecule has 3 aromatic carbocycles. The van der Waals surface area contributed by atoms with Gasteiger partial charge in [-0.15, -0.1) is 0 Å². The van der Waals surface area contributed by atoms with E-state index in [1.165, 1.54) is 0 Å². The molecule has 134 valence electrons. The van der Waals surface area contributed by atoms with E-state index >= 15 is 0 Å². The number of hydrogen-bond donors (Lipinski definition) is 1. The Bertz CT molecular complexity index is 887. The van der Waals surface area contributed by atoms with Gasteiger partial charge in [-0.25, -0.2) is 0 Å². The van der Waals surface area contributed by atoms with Crippen molar-refractivity contribution >= 4 is 16.7 Å². The summed E-state index contributed by atoms with van der Waals surface area (Å²) in [6.07, 6.45) is 0.881. The number of carbonyl (C=O) groups excluding carboxylic acids is 1. The minimum Gasteiger partial charge on any atom is -0.496 e. The molecular weight excluding hydrogens is 322 g/mol. The fourth-order valence-corrected chi connectivity index (χ4v) is 3.24. The molecule has 1 atom stereocenters. The fraction of sp³-hybridized carbons (Fsp3) is 0.261. The quantitative estimate of drug-likeness (QED) is 0.651. The maximum absolute atomic E-state index is 13.0. The number of methoxy groups -OCH3 is 1. The van der Waals surface area contributed by atoms with Crippen molar-refractivity contribution in [2.45, 2.75) is 26.3 Å². The SMILES string of the molecule is COc1cc2ccccc2cc1C(=O)N[C@H](CC(C)C)c1ccccc1. The molecule has 0 aliphatic carbocycles. The molecule has 3 nitrogen and oxygen atoms in total. The van der Waals surface area contributed by atoms with Crippen molar-refractivity contribution in [3.63, 3.8) is 0 Å². The Balaban J connectivity index is 1.93. The van der Waals surface area contributed by atoms with Gasteiger partial charge in [-0.1, -0.05) is 68.4 Å². The second-order valence-electron chi connectivity index (χ2n) is 6.97. The van der Waals surface area contributed by atoms with Crippen LogP contribution in [-0.4, -0.2) is 13.0 Å². The van der Waals surface area contributed by atoms with Crippen LogP contribution in [0.5, 0.6) is 5.75 Å². The molecule has 0 unspecified atom stereocenters. The fourth-order valence-electron chi connectivity index (χ4n) is 3.24. The van der Waals surface area contributed by atoms with Gasteiger partial charge in [-0.05, 0) is 40.8 Å². The van der Waals surface area contributed by atoms with Gasteiger partial charge in [0.15, 0.2) is 0 Å². The van der Waals surface area contributed by atoms with E-state index in [-0.39, 0.29) is 11.9 Å². The van der Waals surface area contributed by atoms with Crippen molar-refractivity contribution in [3.8, 4) is 5.75 Å². The third kappa shape index (κ3) is 4.05. The summed E-state index contributed by atoms with van der Waals surface area (Å²) in [6, 6.07) is 21.9. The third-order valence-electron chi connectivity index (χ3n) is 4.53. The molecule has 0 aliphatic rings. The van der Waals surface area contributed by atoms with E-state index in [1.807, 2.05) is 54.6 Å². The molecule has 0 fully saturated rings. The summed E-state index contributed by atoms with van der Waals surface area (Å²) in [4.78, 5) is 13.0. The van der Waals surface area contributed by atoms with E-state index in [1.54, 1.807) is 7.11 Å². The maximum atomic E-state index is 13.0. The number of carbonyl (C=O) groups is 1. The van der Waals surface area contributed by atoms with Gasteiger partial charge < -0.3 is 10.1 Å². The van der Waals surface area contributed by atoms with Crippen LogP contribution in [0.3, 0.4) is 0 Å². The summed E-state index contributed by atoms with van der Waals surface area (Å²) in [7, 11) is 1.60. The Labute approximate surface area is 155 Å². The molecule has 26 heavy (non-hydrogen) atoms. The van der Waals surface area contributed by atoms with Crippen LogP contribution in [0.1, 0.15) is 42.2 Å². The summed E-state index contributed by atoms with van der Waals surface area (Å²) < 4.78 is 5.48. The molecule has 0 aromatic heterocycles. The number of ether oxygens (including phenoxy) is 1. The van der Waals surface area contributed by atoms with Crippen molar-refractivity contribution in [1.29, 1.82) is 0 Å². The first-order valence-electron chi connectivity index (χ1n) is 9.01. The molecule has 0 aliphatic heterocycles. The minimum absolute atomic E-state index is 0.0279. The van der Waals surface area contributed by atoms with Crippen LogP contribution in [0.2, 0.25) is 0 Å². The van der Waals surface area contributed by atoms with Crippen LogP contribution in [0.4, 0.5) is 0 Å². The van der Waals surface area contributed by atoms with Crippen molar-refractivity contribution in [1.82, 2.24) is 5.32 Å². The molecule has 3 aromatic rings. The van der Waals surface area contributed by atoms with Gasteiger partial charge in [0.2, 0.25) is 0 Å². The first-order valence-corrected chi connectivity index (χ1v) is 9.01. The standard InChI is InChI=1S/C23H25NO2/c1-16(2)13-21(17-9-5-4-6-10-17)24-23(25)20-14-18-11-7-8-12-19(18)15-22(20)26-3/h4-12,14-16,21H,13H2,1-3H3,(H,24,25)/t21-/m1/s1. The normalized spacial score (nSPS) is 12.2. The van der Waals surface area contributed by atoms with Crippen LogP contribution in [0, 0.1) is 5.92 Å². The Morgan fingerprint density at radius 3 is 2.19 bits per heavy atom. The highest BCUT2D eigenvalue weighted by atomic mass is 16.5. The number of nitrogens with one attached hydrogen (secondary N) is 1. The number of amides is 1. The van der Waals surface area contributed by atoms with E-state index in [2.05, 4.69) is 31.3 Å². The van der Waals surface area contributed by atoms with Gasteiger partial charge in [-0.3, -0.25) is 4.79 Å². The number of benzene rings is 3. The lowest BCUT2D eigenvalue weighted by atomic mass is 9.96. The zero-order valence-corrected chi connectivity index (χ0v) is 15.5. The lowest BCUT2D eigenvalue weighted by Crippen LogP contribution is -2.29. The first-order chi connectivity index (χ1) is 12.6. The van der Waals surface area contributed by atoms with Gasteiger partial charge in [0, 0.05) is 0 Å². The average Bonchev–Trinajstić information content (AvgIpc) is 2.66. The highest BCUT2D eigenvalue weighted by molar-refractivity contribution is 6.01.